The molecule has 0 amide bonds. The van der Waals surface area contributed by atoms with Crippen LogP contribution < -0.4 is 10.5 Å². The van der Waals surface area contributed by atoms with Crippen LogP contribution in [0.25, 0.3) is 0 Å². The first kappa shape index (κ1) is 16.0. The molecule has 0 radical (unpaired) electrons. The van der Waals surface area contributed by atoms with Gasteiger partial charge < -0.3 is 10.6 Å². The first-order valence-corrected chi connectivity index (χ1v) is 7.73. The van der Waals surface area contributed by atoms with Crippen LogP contribution in [-0.4, -0.2) is 45.5 Å². The number of nitrogens with two attached hydrogens (primary N) is 1. The molecule has 0 aliphatic rings. The second-order valence-corrected chi connectivity index (χ2v) is 6.33. The van der Waals surface area contributed by atoms with Crippen LogP contribution in [0.2, 0.25) is 0 Å². The van der Waals surface area contributed by atoms with Crippen molar-refractivity contribution in [3.8, 4) is 0 Å². The van der Waals surface area contributed by atoms with E-state index in [9.17, 15) is 8.42 Å². The normalized spacial score (nSPS) is 12.0. The first-order chi connectivity index (χ1) is 8.95. The first-order valence-electron chi connectivity index (χ1n) is 6.25. The van der Waals surface area contributed by atoms with E-state index in [4.69, 9.17) is 5.73 Å². The molecule has 6 nitrogen and oxygen atoms in total. The number of hydrogen-bond acceptors (Lipinski definition) is 5. The lowest BCUT2D eigenvalue weighted by atomic mass is 10.3. The Balaban J connectivity index is 2.46. The van der Waals surface area contributed by atoms with Crippen LogP contribution in [0.15, 0.2) is 23.4 Å². The van der Waals surface area contributed by atoms with Crippen LogP contribution in [0.1, 0.15) is 18.4 Å². The molecule has 7 heteroatoms. The quantitative estimate of drug-likeness (QED) is 0.665. The Hall–Kier alpha value is -1.02. The zero-order chi connectivity index (χ0) is 14.3. The topological polar surface area (TPSA) is 88.3 Å². The highest BCUT2D eigenvalue weighted by molar-refractivity contribution is 7.89. The molecule has 0 saturated heterocycles. The third-order valence-corrected chi connectivity index (χ3v) is 4.01. The molecule has 0 saturated carbocycles. The smallest absolute Gasteiger partial charge is 0.258 e. The molecular formula is C12H22N4O2S. The molecule has 0 bridgehead atoms. The molecule has 0 spiro atoms. The molecule has 0 aliphatic carbocycles. The molecule has 1 aromatic heterocycles. The molecule has 0 aromatic carbocycles. The van der Waals surface area contributed by atoms with Crippen molar-refractivity contribution < 1.29 is 8.42 Å². The summed E-state index contributed by atoms with van der Waals surface area (Å²) in [7, 11) is 0.485. The Morgan fingerprint density at radius 2 is 2.05 bits per heavy atom. The van der Waals surface area contributed by atoms with Crippen LogP contribution in [0.5, 0.6) is 0 Å². The van der Waals surface area contributed by atoms with E-state index >= 15 is 0 Å². The lowest BCUT2D eigenvalue weighted by molar-refractivity contribution is 0.394. The fourth-order valence-corrected chi connectivity index (χ4v) is 2.52. The van der Waals surface area contributed by atoms with Crippen molar-refractivity contribution in [2.24, 2.45) is 5.73 Å². The Morgan fingerprint density at radius 1 is 1.32 bits per heavy atom. The van der Waals surface area contributed by atoms with Gasteiger partial charge in [-0.25, -0.2) is 18.1 Å². The highest BCUT2D eigenvalue weighted by Crippen LogP contribution is 2.06. The maximum atomic E-state index is 11.9. The fourth-order valence-electron chi connectivity index (χ4n) is 1.52. The van der Waals surface area contributed by atoms with Gasteiger partial charge in [-0.15, -0.1) is 0 Å². The summed E-state index contributed by atoms with van der Waals surface area (Å²) in [5, 5.41) is 0.0392. The number of nitrogens with one attached hydrogen (secondary N) is 1. The number of unbranched alkanes of at least 4 members (excludes halogenated alkanes) is 1. The van der Waals surface area contributed by atoms with Gasteiger partial charge in [0.25, 0.3) is 10.0 Å². The van der Waals surface area contributed by atoms with E-state index in [2.05, 4.69) is 14.6 Å². The summed E-state index contributed by atoms with van der Waals surface area (Å²) >= 11 is 0. The highest BCUT2D eigenvalue weighted by atomic mass is 32.2. The molecule has 1 rings (SSSR count). The van der Waals surface area contributed by atoms with E-state index in [0.29, 0.717) is 13.1 Å². The zero-order valence-corrected chi connectivity index (χ0v) is 12.3. The average Bonchev–Trinajstić information content (AvgIpc) is 2.38. The van der Waals surface area contributed by atoms with Crippen LogP contribution in [0.4, 0.5) is 0 Å². The summed E-state index contributed by atoms with van der Waals surface area (Å²) in [5.74, 6) is 0. The second kappa shape index (κ2) is 7.54. The molecule has 0 atom stereocenters. The molecule has 19 heavy (non-hydrogen) atoms. The number of hydrogen-bond donors (Lipinski definition) is 2. The molecule has 0 aliphatic heterocycles. The minimum Gasteiger partial charge on any atom is -0.326 e. The van der Waals surface area contributed by atoms with Crippen LogP contribution in [-0.2, 0) is 16.6 Å². The van der Waals surface area contributed by atoms with Gasteiger partial charge in [-0.3, -0.25) is 0 Å². The molecule has 1 aromatic rings. The molecular weight excluding hydrogens is 264 g/mol. The van der Waals surface area contributed by atoms with E-state index in [1.807, 2.05) is 14.1 Å². The summed E-state index contributed by atoms with van der Waals surface area (Å²) in [5.41, 5.74) is 6.25. The molecule has 0 unspecified atom stereocenters. The van der Waals surface area contributed by atoms with Crippen LogP contribution >= 0.6 is 0 Å². The van der Waals surface area contributed by atoms with Crippen molar-refractivity contribution in [1.82, 2.24) is 14.6 Å². The third-order valence-electron chi connectivity index (χ3n) is 2.63. The molecule has 1 heterocycles. The van der Waals surface area contributed by atoms with Gasteiger partial charge in [0.1, 0.15) is 0 Å². The Kier molecular flexibility index (Phi) is 6.36. The SMILES string of the molecule is CN(C)CCCCNS(=O)(=O)c1ccc(CN)cn1. The number of pyridine rings is 1. The fraction of sp³-hybridized carbons (Fsp3) is 0.583. The maximum Gasteiger partial charge on any atom is 0.258 e. The highest BCUT2D eigenvalue weighted by Gasteiger charge is 2.14. The summed E-state index contributed by atoms with van der Waals surface area (Å²) in [6.45, 7) is 1.73. The predicted molar refractivity (Wildman–Crippen MR) is 75.1 cm³/mol. The standard InChI is InChI=1S/C12H22N4O2S/c1-16(2)8-4-3-7-15-19(17,18)12-6-5-11(9-13)10-14-12/h5-6,10,15H,3-4,7-9,13H2,1-2H3. The maximum absolute atomic E-state index is 11.9. The van der Waals surface area contributed by atoms with Crippen molar-refractivity contribution >= 4 is 10.0 Å². The summed E-state index contributed by atoms with van der Waals surface area (Å²) in [4.78, 5) is 5.98. The number of aromatic nitrogens is 1. The lowest BCUT2D eigenvalue weighted by Crippen LogP contribution is -2.26. The van der Waals surface area contributed by atoms with Gasteiger partial charge in [-0.1, -0.05) is 6.07 Å². The van der Waals surface area contributed by atoms with E-state index in [-0.39, 0.29) is 5.03 Å². The number of rotatable bonds is 8. The number of nitrogens with zero attached hydrogens (tertiary/aromatic N) is 2. The Morgan fingerprint density at radius 3 is 2.58 bits per heavy atom. The summed E-state index contributed by atoms with van der Waals surface area (Å²) in [6.07, 6.45) is 3.24. The van der Waals surface area contributed by atoms with Gasteiger partial charge in [0.15, 0.2) is 5.03 Å². The predicted octanol–water partition coefficient (Wildman–Crippen LogP) is 0.160. The monoisotopic (exact) mass is 286 g/mol. The van der Waals surface area contributed by atoms with Crippen molar-refractivity contribution in [3.63, 3.8) is 0 Å². The minimum absolute atomic E-state index is 0.0392. The van der Waals surface area contributed by atoms with Crippen LogP contribution in [0, 0.1) is 0 Å². The second-order valence-electron chi connectivity index (χ2n) is 4.62. The van der Waals surface area contributed by atoms with Gasteiger partial charge in [-0.05, 0) is 45.1 Å². The molecule has 0 fully saturated rings. The van der Waals surface area contributed by atoms with E-state index < -0.39 is 10.0 Å². The average molecular weight is 286 g/mol. The van der Waals surface area contributed by atoms with Crippen molar-refractivity contribution in [3.05, 3.63) is 23.9 Å². The van der Waals surface area contributed by atoms with Crippen molar-refractivity contribution in [1.29, 1.82) is 0 Å². The van der Waals surface area contributed by atoms with Gasteiger partial charge >= 0.3 is 0 Å². The third kappa shape index (κ3) is 5.65. The Labute approximate surface area is 115 Å². The van der Waals surface area contributed by atoms with E-state index in [0.717, 1.165) is 24.9 Å². The van der Waals surface area contributed by atoms with Crippen molar-refractivity contribution in [2.75, 3.05) is 27.2 Å². The Bertz CT molecular complexity index is 471. The van der Waals surface area contributed by atoms with Gasteiger partial charge in [0.2, 0.25) is 0 Å². The van der Waals surface area contributed by atoms with E-state index in [1.54, 1.807) is 6.07 Å². The zero-order valence-electron chi connectivity index (χ0n) is 11.5. The van der Waals surface area contributed by atoms with Crippen molar-refractivity contribution in [2.45, 2.75) is 24.4 Å². The lowest BCUT2D eigenvalue weighted by Gasteiger charge is -2.09. The largest absolute Gasteiger partial charge is 0.326 e. The minimum atomic E-state index is -3.50. The van der Waals surface area contributed by atoms with Crippen LogP contribution in [0.3, 0.4) is 0 Å². The van der Waals surface area contributed by atoms with Gasteiger partial charge in [0, 0.05) is 19.3 Å². The summed E-state index contributed by atoms with van der Waals surface area (Å²) in [6, 6.07) is 3.15. The van der Waals surface area contributed by atoms with Gasteiger partial charge in [0.05, 0.1) is 0 Å². The van der Waals surface area contributed by atoms with E-state index in [1.165, 1.54) is 12.3 Å². The number of sulfonamides is 1. The summed E-state index contributed by atoms with van der Waals surface area (Å²) < 4.78 is 26.4. The molecule has 3 N–H and O–H groups in total. The molecule has 108 valence electrons. The van der Waals surface area contributed by atoms with Gasteiger partial charge in [-0.2, -0.15) is 0 Å².